The zero-order valence-electron chi connectivity index (χ0n) is 10.9. The molecule has 2 aromatic rings. The highest BCUT2D eigenvalue weighted by molar-refractivity contribution is 7.09. The molecule has 0 unspecified atom stereocenters. The first-order valence-electron chi connectivity index (χ1n) is 5.81. The van der Waals surface area contributed by atoms with Gasteiger partial charge in [-0.15, -0.1) is 11.3 Å². The van der Waals surface area contributed by atoms with Crippen LogP contribution in [0.1, 0.15) is 15.2 Å². The third kappa shape index (κ3) is 3.22. The van der Waals surface area contributed by atoms with Crippen LogP contribution in [0.2, 0.25) is 0 Å². The topological polar surface area (TPSA) is 63.5 Å². The summed E-state index contributed by atoms with van der Waals surface area (Å²) in [6.45, 7) is 0.209. The highest BCUT2D eigenvalue weighted by Crippen LogP contribution is 2.24. The lowest BCUT2D eigenvalue weighted by Crippen LogP contribution is -2.27. The molecular formula is C13H10F2N2O3S. The van der Waals surface area contributed by atoms with E-state index in [0.29, 0.717) is 12.1 Å². The molecule has 0 aliphatic rings. The molecule has 0 radical (unpaired) electrons. The van der Waals surface area contributed by atoms with Crippen molar-refractivity contribution in [1.29, 1.82) is 0 Å². The predicted octanol–water partition coefficient (Wildman–Crippen LogP) is 3.21. The van der Waals surface area contributed by atoms with E-state index in [1.54, 1.807) is 12.1 Å². The first-order valence-corrected chi connectivity index (χ1v) is 6.69. The Morgan fingerprint density at radius 3 is 2.71 bits per heavy atom. The van der Waals surface area contributed by atoms with Gasteiger partial charge >= 0.3 is 5.69 Å². The molecule has 0 bridgehead atoms. The number of carbonyl (C=O) groups excluding carboxylic acids is 1. The number of hydrogen-bond acceptors (Lipinski definition) is 4. The van der Waals surface area contributed by atoms with E-state index >= 15 is 0 Å². The van der Waals surface area contributed by atoms with Crippen LogP contribution in [-0.4, -0.2) is 22.8 Å². The van der Waals surface area contributed by atoms with Crippen LogP contribution in [0.15, 0.2) is 29.6 Å². The van der Waals surface area contributed by atoms with Crippen molar-refractivity contribution >= 4 is 22.9 Å². The predicted molar refractivity (Wildman–Crippen MR) is 73.1 cm³/mol. The van der Waals surface area contributed by atoms with Crippen molar-refractivity contribution in [2.45, 2.75) is 6.54 Å². The summed E-state index contributed by atoms with van der Waals surface area (Å²) in [6, 6.07) is 4.70. The van der Waals surface area contributed by atoms with E-state index in [1.807, 2.05) is 5.38 Å². The van der Waals surface area contributed by atoms with Gasteiger partial charge in [-0.2, -0.15) is 4.39 Å². The Labute approximate surface area is 122 Å². The van der Waals surface area contributed by atoms with Crippen molar-refractivity contribution in [2.75, 3.05) is 7.05 Å². The number of amides is 1. The molecule has 0 saturated carbocycles. The number of hydrogen-bond donors (Lipinski definition) is 0. The standard InChI is InChI=1S/C13H10F2N2O3S/c1-16(7-9-3-2-4-21-9)13(18)10-5-8(14)6-11(12(10)15)17(19)20/h2-6H,7H2,1H3. The number of nitrogens with zero attached hydrogens (tertiary/aromatic N) is 2. The summed E-state index contributed by atoms with van der Waals surface area (Å²) in [7, 11) is 1.41. The molecule has 0 aliphatic heterocycles. The molecule has 1 aromatic heterocycles. The second kappa shape index (κ2) is 5.96. The Kier molecular flexibility index (Phi) is 4.27. The average Bonchev–Trinajstić information content (AvgIpc) is 2.92. The molecule has 8 heteroatoms. The van der Waals surface area contributed by atoms with Gasteiger partial charge in [-0.25, -0.2) is 4.39 Å². The van der Waals surface area contributed by atoms with Crippen LogP contribution >= 0.6 is 11.3 Å². The number of thiophene rings is 1. The SMILES string of the molecule is CN(Cc1cccs1)C(=O)c1cc(F)cc([N+](=O)[O-])c1F. The van der Waals surface area contributed by atoms with Crippen molar-refractivity contribution in [3.63, 3.8) is 0 Å². The van der Waals surface area contributed by atoms with E-state index in [0.717, 1.165) is 4.88 Å². The Balaban J connectivity index is 2.32. The molecule has 0 saturated heterocycles. The summed E-state index contributed by atoms with van der Waals surface area (Å²) in [5.74, 6) is -3.18. The summed E-state index contributed by atoms with van der Waals surface area (Å²) in [5, 5.41) is 12.5. The van der Waals surface area contributed by atoms with Crippen LogP contribution in [0.3, 0.4) is 0 Å². The molecule has 0 N–H and O–H groups in total. The molecule has 0 aliphatic carbocycles. The van der Waals surface area contributed by atoms with Crippen LogP contribution in [0.25, 0.3) is 0 Å². The van der Waals surface area contributed by atoms with Gasteiger partial charge in [0.15, 0.2) is 0 Å². The first-order chi connectivity index (χ1) is 9.90. The second-order valence-corrected chi connectivity index (χ2v) is 5.32. The zero-order chi connectivity index (χ0) is 15.6. The van der Waals surface area contributed by atoms with E-state index in [1.165, 1.54) is 23.3 Å². The van der Waals surface area contributed by atoms with Crippen LogP contribution in [0, 0.1) is 21.7 Å². The smallest absolute Gasteiger partial charge is 0.308 e. The normalized spacial score (nSPS) is 10.4. The quantitative estimate of drug-likeness (QED) is 0.643. The minimum absolute atomic E-state index is 0.209. The second-order valence-electron chi connectivity index (χ2n) is 4.28. The lowest BCUT2D eigenvalue weighted by Gasteiger charge is -2.16. The lowest BCUT2D eigenvalue weighted by atomic mass is 10.1. The van der Waals surface area contributed by atoms with Gasteiger partial charge in [0.05, 0.1) is 23.1 Å². The zero-order valence-corrected chi connectivity index (χ0v) is 11.7. The van der Waals surface area contributed by atoms with Gasteiger partial charge in [-0.05, 0) is 17.5 Å². The average molecular weight is 312 g/mol. The monoisotopic (exact) mass is 312 g/mol. The number of nitro groups is 1. The van der Waals surface area contributed by atoms with Gasteiger partial charge in [-0.3, -0.25) is 14.9 Å². The fourth-order valence-corrected chi connectivity index (χ4v) is 2.53. The molecular weight excluding hydrogens is 302 g/mol. The van der Waals surface area contributed by atoms with Gasteiger partial charge in [0.1, 0.15) is 5.82 Å². The molecule has 1 heterocycles. The summed E-state index contributed by atoms with van der Waals surface area (Å²) in [6.07, 6.45) is 0. The van der Waals surface area contributed by atoms with Crippen LogP contribution < -0.4 is 0 Å². The van der Waals surface area contributed by atoms with Gasteiger partial charge in [0.2, 0.25) is 5.82 Å². The number of benzene rings is 1. The van der Waals surface area contributed by atoms with Gasteiger partial charge in [0, 0.05) is 11.9 Å². The molecule has 0 fully saturated rings. The van der Waals surface area contributed by atoms with Gasteiger partial charge < -0.3 is 4.90 Å². The molecule has 2 rings (SSSR count). The van der Waals surface area contributed by atoms with E-state index in [2.05, 4.69) is 0 Å². The molecule has 5 nitrogen and oxygen atoms in total. The summed E-state index contributed by atoms with van der Waals surface area (Å²) in [5.41, 5.74) is -1.70. The Hall–Kier alpha value is -2.35. The summed E-state index contributed by atoms with van der Waals surface area (Å²) >= 11 is 1.41. The Bertz CT molecular complexity index is 689. The molecule has 0 atom stereocenters. The van der Waals surface area contributed by atoms with Crippen LogP contribution in [0.4, 0.5) is 14.5 Å². The Morgan fingerprint density at radius 1 is 1.43 bits per heavy atom. The van der Waals surface area contributed by atoms with Crippen LogP contribution in [-0.2, 0) is 6.54 Å². The summed E-state index contributed by atoms with van der Waals surface area (Å²) in [4.78, 5) is 23.7. The van der Waals surface area contributed by atoms with Crippen molar-refractivity contribution in [1.82, 2.24) is 4.90 Å². The van der Waals surface area contributed by atoms with Crippen LogP contribution in [0.5, 0.6) is 0 Å². The number of nitro benzene ring substituents is 1. The third-order valence-electron chi connectivity index (χ3n) is 2.77. The number of carbonyl (C=O) groups is 1. The molecule has 110 valence electrons. The van der Waals surface area contributed by atoms with Gasteiger partial charge in [0.25, 0.3) is 5.91 Å². The van der Waals surface area contributed by atoms with Crippen molar-refractivity contribution in [3.8, 4) is 0 Å². The minimum Gasteiger partial charge on any atom is -0.336 e. The van der Waals surface area contributed by atoms with E-state index < -0.39 is 33.7 Å². The fourth-order valence-electron chi connectivity index (χ4n) is 1.78. The lowest BCUT2D eigenvalue weighted by molar-refractivity contribution is -0.387. The first kappa shape index (κ1) is 15.0. The van der Waals surface area contributed by atoms with E-state index in [9.17, 15) is 23.7 Å². The highest BCUT2D eigenvalue weighted by atomic mass is 32.1. The number of rotatable bonds is 4. The third-order valence-corrected chi connectivity index (χ3v) is 3.63. The Morgan fingerprint density at radius 2 is 2.14 bits per heavy atom. The van der Waals surface area contributed by atoms with E-state index in [-0.39, 0.29) is 6.54 Å². The molecule has 21 heavy (non-hydrogen) atoms. The maximum Gasteiger partial charge on any atom is 0.308 e. The minimum atomic E-state index is -1.33. The largest absolute Gasteiger partial charge is 0.336 e. The maximum atomic E-state index is 13.9. The van der Waals surface area contributed by atoms with Crippen molar-refractivity contribution in [3.05, 3.63) is 61.8 Å². The highest BCUT2D eigenvalue weighted by Gasteiger charge is 2.26. The fraction of sp³-hybridized carbons (Fsp3) is 0.154. The van der Waals surface area contributed by atoms with Crippen molar-refractivity contribution < 1.29 is 18.5 Å². The number of halogens is 2. The molecule has 0 spiro atoms. The molecule has 1 amide bonds. The van der Waals surface area contributed by atoms with E-state index in [4.69, 9.17) is 0 Å². The maximum absolute atomic E-state index is 13.9. The molecule has 1 aromatic carbocycles. The summed E-state index contributed by atoms with van der Waals surface area (Å²) < 4.78 is 27.3. The van der Waals surface area contributed by atoms with Crippen molar-refractivity contribution in [2.24, 2.45) is 0 Å². The van der Waals surface area contributed by atoms with Gasteiger partial charge in [-0.1, -0.05) is 6.07 Å².